The Labute approximate surface area is 213 Å². The molecule has 4 rings (SSSR count). The van der Waals surface area contributed by atoms with Crippen LogP contribution in [0.4, 0.5) is 11.6 Å². The molecule has 2 aromatic heterocycles. The molecule has 0 aliphatic carbocycles. The molecule has 0 atom stereocenters. The molecule has 0 aromatic carbocycles. The molecule has 4 heterocycles. The highest BCUT2D eigenvalue weighted by Gasteiger charge is 2.18. The van der Waals surface area contributed by atoms with Gasteiger partial charge in [-0.1, -0.05) is 38.3 Å². The average molecular weight is 505 g/mol. The summed E-state index contributed by atoms with van der Waals surface area (Å²) in [6, 6.07) is 0. The Kier molecular flexibility index (Phi) is 10.9. The van der Waals surface area contributed by atoms with Crippen LogP contribution in [0.5, 0.6) is 0 Å². The molecule has 34 heavy (non-hydrogen) atoms. The van der Waals surface area contributed by atoms with Crippen molar-refractivity contribution in [3.63, 3.8) is 0 Å². The first kappa shape index (κ1) is 26.7. The first-order valence-electron chi connectivity index (χ1n) is 12.3. The largest absolute Gasteiger partial charge is 0.367 e. The highest BCUT2D eigenvalue weighted by atomic mass is 32.1. The molecular formula is C24H40N8S2. The van der Waals surface area contributed by atoms with E-state index in [1.54, 1.807) is 0 Å². The van der Waals surface area contributed by atoms with Gasteiger partial charge in [0.25, 0.3) is 0 Å². The molecular weight excluding hydrogens is 464 g/mol. The van der Waals surface area contributed by atoms with Gasteiger partial charge in [-0.2, -0.15) is 17.5 Å². The third-order valence-corrected chi connectivity index (χ3v) is 7.05. The van der Waals surface area contributed by atoms with Crippen molar-refractivity contribution in [2.24, 2.45) is 0 Å². The summed E-state index contributed by atoms with van der Waals surface area (Å²) in [6.45, 7) is 7.48. The molecule has 0 bridgehead atoms. The summed E-state index contributed by atoms with van der Waals surface area (Å²) in [5.41, 5.74) is 4.74. The fourth-order valence-corrected chi connectivity index (χ4v) is 5.29. The summed E-state index contributed by atoms with van der Waals surface area (Å²) in [5.74, 6) is 1.96. The van der Waals surface area contributed by atoms with Crippen LogP contribution in [0.15, 0.2) is 12.2 Å². The summed E-state index contributed by atoms with van der Waals surface area (Å²) in [5, 5.41) is 3.44. The molecule has 0 fully saturated rings. The summed E-state index contributed by atoms with van der Waals surface area (Å²) in [7, 11) is 8.31. The highest BCUT2D eigenvalue weighted by Crippen LogP contribution is 2.27. The maximum Gasteiger partial charge on any atom is 0.169 e. The molecule has 8 nitrogen and oxygen atoms in total. The van der Waals surface area contributed by atoms with Crippen LogP contribution in [0.1, 0.15) is 56.8 Å². The summed E-state index contributed by atoms with van der Waals surface area (Å²) >= 11 is 2.60. The van der Waals surface area contributed by atoms with Gasteiger partial charge in [0.15, 0.2) is 11.6 Å². The molecule has 0 saturated carbocycles. The molecule has 0 amide bonds. The molecule has 2 aromatic rings. The monoisotopic (exact) mass is 504 g/mol. The van der Waals surface area contributed by atoms with Crippen LogP contribution in [-0.4, -0.2) is 88.2 Å². The van der Waals surface area contributed by atoms with E-state index in [-0.39, 0.29) is 0 Å². The van der Waals surface area contributed by atoms with Crippen LogP contribution >= 0.6 is 23.5 Å². The molecule has 188 valence electrons. The topological polar surface area (TPSA) is 73.3 Å². The van der Waals surface area contributed by atoms with E-state index in [2.05, 4.69) is 65.8 Å². The Morgan fingerprint density at radius 1 is 0.853 bits per heavy atom. The fraction of sp³-hybridized carbons (Fsp3) is 0.667. The van der Waals surface area contributed by atoms with Crippen LogP contribution in [0, 0.1) is 0 Å². The van der Waals surface area contributed by atoms with Gasteiger partial charge >= 0.3 is 0 Å². The van der Waals surface area contributed by atoms with Gasteiger partial charge in [0.1, 0.15) is 11.4 Å². The predicted molar refractivity (Wildman–Crippen MR) is 147 cm³/mol. The van der Waals surface area contributed by atoms with E-state index in [0.29, 0.717) is 0 Å². The standard InChI is InChI=1S/C14H24N4S.C10H16N4S/c1-3-4-5-6-9-15-14-13(16-19-17-14)12-8-7-10-18(2)11-12;1-13(2)10-9(11-15-12-10)8-5-4-6-14(3)7-8/h8H,3-7,9-11H2,1-2H3,(H,15,17);5H,4,6-7H2,1-3H3. The minimum atomic E-state index is 0.975. The van der Waals surface area contributed by atoms with E-state index in [0.717, 1.165) is 68.6 Å². The quantitative estimate of drug-likeness (QED) is 0.498. The van der Waals surface area contributed by atoms with Crippen LogP contribution in [0.25, 0.3) is 11.1 Å². The number of aromatic nitrogens is 4. The van der Waals surface area contributed by atoms with Crippen LogP contribution in [0.2, 0.25) is 0 Å². The maximum absolute atomic E-state index is 4.46. The van der Waals surface area contributed by atoms with Crippen molar-refractivity contribution in [3.8, 4) is 0 Å². The van der Waals surface area contributed by atoms with E-state index < -0.39 is 0 Å². The zero-order chi connectivity index (χ0) is 24.3. The van der Waals surface area contributed by atoms with Crippen molar-refractivity contribution < 1.29 is 0 Å². The lowest BCUT2D eigenvalue weighted by molar-refractivity contribution is 0.372. The lowest BCUT2D eigenvalue weighted by Crippen LogP contribution is -2.25. The van der Waals surface area contributed by atoms with Gasteiger partial charge in [-0.15, -0.1) is 0 Å². The van der Waals surface area contributed by atoms with Crippen molar-refractivity contribution in [1.29, 1.82) is 0 Å². The normalized spacial score (nSPS) is 17.0. The third kappa shape index (κ3) is 7.83. The minimum Gasteiger partial charge on any atom is -0.367 e. The zero-order valence-corrected chi connectivity index (χ0v) is 23.0. The van der Waals surface area contributed by atoms with Crippen molar-refractivity contribution in [3.05, 3.63) is 23.5 Å². The van der Waals surface area contributed by atoms with Crippen molar-refractivity contribution in [1.82, 2.24) is 27.3 Å². The number of hydrogen-bond donors (Lipinski definition) is 1. The molecule has 0 saturated heterocycles. The Balaban J connectivity index is 0.000000196. The number of anilines is 2. The van der Waals surface area contributed by atoms with Crippen molar-refractivity contribution in [2.45, 2.75) is 45.4 Å². The minimum absolute atomic E-state index is 0.975. The summed E-state index contributed by atoms with van der Waals surface area (Å²) in [6.07, 6.45) is 11.9. The van der Waals surface area contributed by atoms with E-state index in [9.17, 15) is 0 Å². The SMILES string of the molecule is CCCCCCNc1nsnc1C1=CCCN(C)C1.CN1CCC=C(c2nsnc2N(C)C)C1. The van der Waals surface area contributed by atoms with Crippen molar-refractivity contribution in [2.75, 3.05) is 71.1 Å². The lowest BCUT2D eigenvalue weighted by atomic mass is 10.1. The zero-order valence-electron chi connectivity index (χ0n) is 21.4. The second-order valence-corrected chi connectivity index (χ2v) is 10.3. The number of rotatable bonds is 9. The Morgan fingerprint density at radius 2 is 1.47 bits per heavy atom. The first-order valence-corrected chi connectivity index (χ1v) is 13.8. The predicted octanol–water partition coefficient (Wildman–Crippen LogP) is 4.57. The molecule has 0 unspecified atom stereocenters. The van der Waals surface area contributed by atoms with E-state index in [4.69, 9.17) is 0 Å². The second kappa shape index (κ2) is 13.9. The highest BCUT2D eigenvalue weighted by molar-refractivity contribution is 6.99. The molecule has 0 spiro atoms. The number of hydrogen-bond acceptors (Lipinski definition) is 10. The molecule has 0 radical (unpaired) electrons. The smallest absolute Gasteiger partial charge is 0.169 e. The molecule has 2 aliphatic rings. The average Bonchev–Trinajstić information content (AvgIpc) is 3.49. The van der Waals surface area contributed by atoms with Gasteiger partial charge in [0.05, 0.1) is 23.5 Å². The van der Waals surface area contributed by atoms with Crippen LogP contribution in [-0.2, 0) is 0 Å². The molecule has 1 N–H and O–H groups in total. The Hall–Kier alpha value is -1.88. The van der Waals surface area contributed by atoms with Gasteiger partial charge < -0.3 is 20.0 Å². The third-order valence-electron chi connectivity index (χ3n) is 6.00. The number of nitrogens with one attached hydrogen (secondary N) is 1. The van der Waals surface area contributed by atoms with E-state index in [1.807, 2.05) is 19.0 Å². The van der Waals surface area contributed by atoms with Gasteiger partial charge in [-0.25, -0.2) is 0 Å². The van der Waals surface area contributed by atoms with Gasteiger partial charge in [-0.05, 0) is 44.5 Å². The van der Waals surface area contributed by atoms with Gasteiger partial charge in [-0.3, -0.25) is 0 Å². The Morgan fingerprint density at radius 3 is 2.09 bits per heavy atom. The van der Waals surface area contributed by atoms with Gasteiger partial charge in [0, 0.05) is 46.8 Å². The Bertz CT molecular complexity index is 933. The summed E-state index contributed by atoms with van der Waals surface area (Å²) < 4.78 is 17.6. The maximum atomic E-state index is 4.46. The fourth-order valence-electron chi connectivity index (χ4n) is 4.08. The molecule has 2 aliphatic heterocycles. The van der Waals surface area contributed by atoms with Crippen LogP contribution < -0.4 is 10.2 Å². The first-order chi connectivity index (χ1) is 16.5. The van der Waals surface area contributed by atoms with Crippen molar-refractivity contribution >= 4 is 46.2 Å². The van der Waals surface area contributed by atoms with Crippen LogP contribution in [0.3, 0.4) is 0 Å². The number of nitrogens with zero attached hydrogens (tertiary/aromatic N) is 7. The van der Waals surface area contributed by atoms with E-state index in [1.165, 1.54) is 60.3 Å². The number of unbranched alkanes of at least 4 members (excludes halogenated alkanes) is 3. The number of likely N-dealkylation sites (N-methyl/N-ethyl adjacent to an activating group) is 2. The lowest BCUT2D eigenvalue weighted by Gasteiger charge is -2.23. The van der Waals surface area contributed by atoms with Gasteiger partial charge in [0.2, 0.25) is 0 Å². The second-order valence-electron chi connectivity index (χ2n) is 9.29. The molecule has 10 heteroatoms. The summed E-state index contributed by atoms with van der Waals surface area (Å²) in [4.78, 5) is 6.67. The van der Waals surface area contributed by atoms with E-state index >= 15 is 0 Å².